The Morgan fingerprint density at radius 3 is 2.26 bits per heavy atom. The van der Waals surface area contributed by atoms with Gasteiger partial charge in [-0.05, 0) is 0 Å². The minimum Gasteiger partial charge on any atom is -0.848 e. The van der Waals surface area contributed by atoms with Crippen molar-refractivity contribution in [3.63, 3.8) is 0 Å². The number of carboxylic acid groups (broad SMARTS) is 1. The first kappa shape index (κ1) is 33.3. The average Bonchev–Trinajstić information content (AvgIpc) is 3.05. The Balaban J connectivity index is 0.00000507. The summed E-state index contributed by atoms with van der Waals surface area (Å²) in [7, 11) is -11.3. The van der Waals surface area contributed by atoms with E-state index in [4.69, 9.17) is 9.84 Å². The van der Waals surface area contributed by atoms with Crippen LogP contribution in [0.5, 0.6) is 0 Å². The van der Waals surface area contributed by atoms with Crippen molar-refractivity contribution in [2.45, 2.75) is 55.2 Å². The molecule has 23 heteroatoms. The number of aliphatic hydroxyl groups excluding tert-OH is 4. The topological polar surface area (TPSA) is 317 Å². The fourth-order valence-corrected chi connectivity index (χ4v) is 5.48. The van der Waals surface area contributed by atoms with Crippen molar-refractivity contribution < 1.29 is 107 Å². The average molecular weight is 602 g/mol. The van der Waals surface area contributed by atoms with Crippen molar-refractivity contribution in [2.24, 2.45) is 0 Å². The number of aromatic nitrogens is 2. The van der Waals surface area contributed by atoms with Gasteiger partial charge in [-0.25, -0.2) is 18.7 Å². The number of hydrogen-bond acceptors (Lipinski definition) is 15. The van der Waals surface area contributed by atoms with Crippen LogP contribution in [0.25, 0.3) is 0 Å². The number of aliphatic hydroxyl groups is 4. The molecule has 0 aliphatic carbocycles. The molecule has 0 amide bonds. The van der Waals surface area contributed by atoms with E-state index in [0.29, 0.717) is 4.57 Å². The molecule has 2 fully saturated rings. The van der Waals surface area contributed by atoms with Gasteiger partial charge in [-0.3, -0.25) is 23.4 Å². The quantitative estimate of drug-likeness (QED) is 0.0960. The Kier molecular flexibility index (Phi) is 11.2. The van der Waals surface area contributed by atoms with Crippen LogP contribution < -0.4 is 45.9 Å². The standard InChI is InChI=1S/C15H21N2O18P2.Na/c18-5-1-2-17(15(26)16-5)12-9(22)6(19)4(32-12)3-31-36(27,28)35-37(29,30)34-14-10(23)7(20)8(21)11(33-14)13(24)25;/h1-2,4,6-12,14,20-23H,3H2,(H,24,25)(H,27,28)(H,29,30)(H,16,18,26);/q-1;+1/t4-,6-,7+,8+,9-,10-,11+,12-,14-;/m1./s1. The molecule has 38 heavy (non-hydrogen) atoms. The summed E-state index contributed by atoms with van der Waals surface area (Å²) in [5, 5.41) is 60.4. The zero-order valence-corrected chi connectivity index (χ0v) is 22.8. The number of nitrogens with zero attached hydrogens (tertiary/aromatic N) is 1. The summed E-state index contributed by atoms with van der Waals surface area (Å²) in [6.07, 6.45) is -17.8. The second kappa shape index (κ2) is 12.8. The maximum Gasteiger partial charge on any atom is 1.00 e. The molecule has 1 aromatic rings. The molecule has 2 unspecified atom stereocenters. The number of hydrogen-bond donors (Lipinski definition) is 8. The molecule has 210 valence electrons. The van der Waals surface area contributed by atoms with Crippen molar-refractivity contribution in [1.82, 2.24) is 9.55 Å². The second-order valence-corrected chi connectivity index (χ2v) is 10.7. The molecule has 3 heterocycles. The summed E-state index contributed by atoms with van der Waals surface area (Å²) in [5.41, 5.74) is -1.83. The first-order valence-electron chi connectivity index (χ1n) is 9.96. The molecule has 0 radical (unpaired) electrons. The van der Waals surface area contributed by atoms with E-state index in [1.165, 1.54) is 0 Å². The zero-order valence-electron chi connectivity index (χ0n) is 19.0. The number of phosphoric acid groups is 2. The number of nitrogens with one attached hydrogen (secondary N) is 1. The van der Waals surface area contributed by atoms with E-state index in [1.807, 2.05) is 4.98 Å². The van der Waals surface area contributed by atoms with E-state index in [2.05, 4.69) is 18.1 Å². The normalized spacial score (nSPS) is 36.6. The maximum atomic E-state index is 12.3. The van der Waals surface area contributed by atoms with Crippen molar-refractivity contribution >= 4 is 21.6 Å². The molecule has 0 saturated carbocycles. The molecule has 2 saturated heterocycles. The third kappa shape index (κ3) is 7.65. The van der Waals surface area contributed by atoms with Gasteiger partial charge in [-0.1, -0.05) is 6.10 Å². The van der Waals surface area contributed by atoms with E-state index >= 15 is 0 Å². The molecule has 8 N–H and O–H groups in total. The number of carboxylic acids is 1. The predicted molar refractivity (Wildman–Crippen MR) is 107 cm³/mol. The van der Waals surface area contributed by atoms with Gasteiger partial charge in [-0.2, -0.15) is 4.31 Å². The van der Waals surface area contributed by atoms with Gasteiger partial charge in [-0.15, -0.1) is 0 Å². The fraction of sp³-hybridized carbons (Fsp3) is 0.667. The van der Waals surface area contributed by atoms with Crippen LogP contribution in [0.3, 0.4) is 0 Å². The summed E-state index contributed by atoms with van der Waals surface area (Å²) in [6.45, 7) is -1.14. The van der Waals surface area contributed by atoms with Gasteiger partial charge in [0, 0.05) is 12.3 Å². The zero-order chi connectivity index (χ0) is 27.9. The minimum absolute atomic E-state index is 0. The Bertz CT molecular complexity index is 1210. The summed E-state index contributed by atoms with van der Waals surface area (Å²) in [4.78, 5) is 55.4. The van der Waals surface area contributed by atoms with Crippen LogP contribution in [0.1, 0.15) is 6.23 Å². The van der Waals surface area contributed by atoms with Crippen molar-refractivity contribution in [3.05, 3.63) is 33.1 Å². The summed E-state index contributed by atoms with van der Waals surface area (Å²) in [6, 6.07) is 0.890. The first-order valence-corrected chi connectivity index (χ1v) is 13.0. The molecule has 2 aliphatic rings. The smallest absolute Gasteiger partial charge is 0.848 e. The van der Waals surface area contributed by atoms with Gasteiger partial charge in [0.2, 0.25) is 0 Å². The Labute approximate surface area is 232 Å². The SMILES string of the molecule is O=C(O)[C@H]1O[C@H](OP(=O)(O)OP(=O)(O)OC[C@H]2O[C@@H](n3ccc(=O)[nH]c3=O)[C@H](O)[C@@H]2[O-])[C@H](O)[C@@H](O)[C@@H]1O.[Na+]. The van der Waals surface area contributed by atoms with Gasteiger partial charge in [0.1, 0.15) is 18.3 Å². The molecule has 0 spiro atoms. The molecule has 2 aliphatic heterocycles. The summed E-state index contributed by atoms with van der Waals surface area (Å²) >= 11 is 0. The molecule has 0 aromatic carbocycles. The van der Waals surface area contributed by atoms with Gasteiger partial charge in [0.15, 0.2) is 18.6 Å². The van der Waals surface area contributed by atoms with Crippen LogP contribution >= 0.6 is 15.6 Å². The van der Waals surface area contributed by atoms with Crippen LogP contribution in [0.2, 0.25) is 0 Å². The molecule has 0 bridgehead atoms. The Hall–Kier alpha value is -0.870. The number of phosphoric ester groups is 2. The Morgan fingerprint density at radius 1 is 1.05 bits per heavy atom. The minimum atomic E-state index is -5.74. The number of ether oxygens (including phenoxy) is 2. The first-order chi connectivity index (χ1) is 17.0. The van der Waals surface area contributed by atoms with E-state index in [1.54, 1.807) is 0 Å². The number of aliphatic carboxylic acids is 1. The van der Waals surface area contributed by atoms with E-state index < -0.39 is 94.7 Å². The summed E-state index contributed by atoms with van der Waals surface area (Å²) < 4.78 is 47.4. The van der Waals surface area contributed by atoms with Gasteiger partial charge in [0.25, 0.3) is 5.56 Å². The molecular weight excluding hydrogens is 581 g/mol. The number of rotatable bonds is 9. The summed E-state index contributed by atoms with van der Waals surface area (Å²) in [5.74, 6) is -1.86. The second-order valence-electron chi connectivity index (χ2n) is 7.69. The van der Waals surface area contributed by atoms with Crippen LogP contribution in [0.4, 0.5) is 0 Å². The molecule has 3 rings (SSSR count). The van der Waals surface area contributed by atoms with Crippen LogP contribution in [0, 0.1) is 0 Å². The van der Waals surface area contributed by atoms with Crippen LogP contribution in [-0.4, -0.2) is 106 Å². The third-order valence-corrected chi connectivity index (χ3v) is 7.69. The molecule has 20 nitrogen and oxygen atoms in total. The van der Waals surface area contributed by atoms with Gasteiger partial charge in [0.05, 0.1) is 18.8 Å². The van der Waals surface area contributed by atoms with Gasteiger partial charge < -0.3 is 49.9 Å². The molecule has 1 aromatic heterocycles. The van der Waals surface area contributed by atoms with Gasteiger partial charge >= 0.3 is 56.9 Å². The molecule has 11 atom stereocenters. The largest absolute Gasteiger partial charge is 1.00 e. The van der Waals surface area contributed by atoms with E-state index in [0.717, 1.165) is 12.3 Å². The maximum absolute atomic E-state index is 12.3. The van der Waals surface area contributed by atoms with Crippen LogP contribution in [0.15, 0.2) is 21.9 Å². The number of carbonyl (C=O) groups is 1. The van der Waals surface area contributed by atoms with Crippen molar-refractivity contribution in [2.75, 3.05) is 6.61 Å². The number of H-pyrrole nitrogens is 1. The van der Waals surface area contributed by atoms with E-state index in [9.17, 15) is 58.8 Å². The van der Waals surface area contributed by atoms with E-state index in [-0.39, 0.29) is 29.6 Å². The number of aromatic amines is 1. The monoisotopic (exact) mass is 602 g/mol. The third-order valence-electron chi connectivity index (χ3n) is 5.09. The fourth-order valence-electron chi connectivity index (χ4n) is 3.32. The van der Waals surface area contributed by atoms with Crippen molar-refractivity contribution in [3.8, 4) is 0 Å². The van der Waals surface area contributed by atoms with Crippen LogP contribution in [-0.2, 0) is 36.8 Å². The van der Waals surface area contributed by atoms with Crippen molar-refractivity contribution in [1.29, 1.82) is 0 Å². The molecular formula is C15H21N2NaO18P2. The Morgan fingerprint density at radius 2 is 1.68 bits per heavy atom. The predicted octanol–water partition coefficient (Wildman–Crippen LogP) is -8.33.